The van der Waals surface area contributed by atoms with Crippen LogP contribution in [0.2, 0.25) is 0 Å². The molecule has 0 saturated heterocycles. The van der Waals surface area contributed by atoms with Crippen LogP contribution in [-0.4, -0.2) is 47.4 Å². The van der Waals surface area contributed by atoms with Crippen LogP contribution in [0.3, 0.4) is 0 Å². The van der Waals surface area contributed by atoms with Gasteiger partial charge in [0.05, 0.1) is 0 Å². The van der Waals surface area contributed by atoms with Crippen molar-refractivity contribution in [1.82, 2.24) is 10.2 Å². The monoisotopic (exact) mass is 350 g/mol. The number of nitrogens with zero attached hydrogens (tertiary/aromatic N) is 1. The summed E-state index contributed by atoms with van der Waals surface area (Å²) in [6.07, 6.45) is 10.9. The molecule has 4 atom stereocenters. The first-order valence-electron chi connectivity index (χ1n) is 9.28. The summed E-state index contributed by atoms with van der Waals surface area (Å²) in [4.78, 5) is 36.2. The number of hydrogen-bond acceptors (Lipinski definition) is 3. The number of amides is 2. The fourth-order valence-electron chi connectivity index (χ4n) is 3.75. The van der Waals surface area contributed by atoms with Crippen LogP contribution >= 0.6 is 0 Å². The van der Waals surface area contributed by atoms with E-state index in [0.717, 1.165) is 51.5 Å². The molecule has 6 heteroatoms. The first-order valence-corrected chi connectivity index (χ1v) is 9.28. The Kier molecular flexibility index (Phi) is 6.62. The zero-order chi connectivity index (χ0) is 18.4. The fraction of sp³-hybridized carbons (Fsp3) is 0.737. The van der Waals surface area contributed by atoms with Gasteiger partial charge in [0, 0.05) is 25.4 Å². The van der Waals surface area contributed by atoms with Crippen molar-refractivity contribution < 1.29 is 19.5 Å². The molecule has 6 nitrogen and oxygen atoms in total. The van der Waals surface area contributed by atoms with E-state index >= 15 is 0 Å². The van der Waals surface area contributed by atoms with Gasteiger partial charge in [0.25, 0.3) is 0 Å². The minimum Gasteiger partial charge on any atom is -0.479 e. The van der Waals surface area contributed by atoms with E-state index in [-0.39, 0.29) is 17.7 Å². The van der Waals surface area contributed by atoms with Crippen LogP contribution in [0.4, 0.5) is 0 Å². The standard InChI is InChI=1S/C19H30N2O4/c1-14-8-7-10-16(14)17(23)20-19(18(24)25)12-15(19)9-5-3-4-6-11-21(2)13-22/h5,9,13-16H,3-4,6-8,10-12H2,1-2H3,(H,20,23)(H,24,25)/b9-5-/t14?,15-,16?,19-/m1/s1. The van der Waals surface area contributed by atoms with Crippen molar-refractivity contribution in [3.05, 3.63) is 12.2 Å². The molecule has 0 aromatic heterocycles. The van der Waals surface area contributed by atoms with E-state index in [0.29, 0.717) is 12.3 Å². The van der Waals surface area contributed by atoms with Crippen LogP contribution < -0.4 is 5.32 Å². The Morgan fingerprint density at radius 3 is 2.68 bits per heavy atom. The maximum Gasteiger partial charge on any atom is 0.330 e. The summed E-state index contributed by atoms with van der Waals surface area (Å²) in [5.74, 6) is -0.864. The highest BCUT2D eigenvalue weighted by atomic mass is 16.4. The summed E-state index contributed by atoms with van der Waals surface area (Å²) in [5.41, 5.74) is -1.10. The van der Waals surface area contributed by atoms with Crippen LogP contribution in [0.5, 0.6) is 0 Å². The Morgan fingerprint density at radius 2 is 2.08 bits per heavy atom. The summed E-state index contributed by atoms with van der Waals surface area (Å²) in [7, 11) is 1.75. The number of aliphatic carboxylic acids is 1. The van der Waals surface area contributed by atoms with Gasteiger partial charge in [0.1, 0.15) is 5.54 Å². The second-order valence-electron chi connectivity index (χ2n) is 7.60. The molecule has 2 aliphatic carbocycles. The summed E-state index contributed by atoms with van der Waals surface area (Å²) in [6, 6.07) is 0. The third-order valence-electron chi connectivity index (χ3n) is 5.62. The summed E-state index contributed by atoms with van der Waals surface area (Å²) in [5, 5.41) is 12.4. The van der Waals surface area contributed by atoms with Gasteiger partial charge < -0.3 is 15.3 Å². The van der Waals surface area contributed by atoms with E-state index in [1.54, 1.807) is 11.9 Å². The Morgan fingerprint density at radius 1 is 1.32 bits per heavy atom. The number of hydrogen-bond donors (Lipinski definition) is 2. The molecule has 0 aliphatic heterocycles. The van der Waals surface area contributed by atoms with E-state index in [9.17, 15) is 19.5 Å². The number of nitrogens with one attached hydrogen (secondary N) is 1. The normalized spacial score (nSPS) is 31.0. The van der Waals surface area contributed by atoms with Gasteiger partial charge in [-0.15, -0.1) is 0 Å². The molecule has 0 heterocycles. The Bertz CT molecular complexity index is 534. The molecule has 25 heavy (non-hydrogen) atoms. The molecule has 140 valence electrons. The minimum atomic E-state index is -1.10. The molecule has 2 aliphatic rings. The second-order valence-corrected chi connectivity index (χ2v) is 7.60. The van der Waals surface area contributed by atoms with Gasteiger partial charge in [0.15, 0.2) is 0 Å². The molecule has 0 spiro atoms. The predicted molar refractivity (Wildman–Crippen MR) is 94.8 cm³/mol. The van der Waals surface area contributed by atoms with E-state index in [2.05, 4.69) is 12.2 Å². The van der Waals surface area contributed by atoms with Crippen molar-refractivity contribution in [1.29, 1.82) is 0 Å². The SMILES string of the molecule is CC1CCCC1C(=O)N[C@]1(C(=O)O)C[C@H]1/C=C\CCCCN(C)C=O. The molecular formula is C19H30N2O4. The van der Waals surface area contributed by atoms with Gasteiger partial charge in [-0.2, -0.15) is 0 Å². The van der Waals surface area contributed by atoms with E-state index in [1.165, 1.54) is 0 Å². The second kappa shape index (κ2) is 8.50. The molecule has 2 N–H and O–H groups in total. The number of rotatable bonds is 10. The lowest BCUT2D eigenvalue weighted by Gasteiger charge is -2.20. The van der Waals surface area contributed by atoms with Crippen molar-refractivity contribution in [2.45, 2.75) is 57.4 Å². The van der Waals surface area contributed by atoms with Crippen LogP contribution in [-0.2, 0) is 14.4 Å². The number of carboxylic acids is 1. The highest BCUT2D eigenvalue weighted by molar-refractivity contribution is 5.91. The predicted octanol–water partition coefficient (Wildman–Crippen LogP) is 2.20. The molecule has 2 rings (SSSR count). The number of unbranched alkanes of at least 4 members (excludes halogenated alkanes) is 2. The van der Waals surface area contributed by atoms with Crippen LogP contribution in [0.1, 0.15) is 51.9 Å². The van der Waals surface area contributed by atoms with Crippen LogP contribution in [0.15, 0.2) is 12.2 Å². The molecule has 0 radical (unpaired) electrons. The topological polar surface area (TPSA) is 86.7 Å². The molecule has 0 bridgehead atoms. The number of carbonyl (C=O) groups is 3. The number of allylic oxidation sites excluding steroid dienone is 1. The van der Waals surface area contributed by atoms with Crippen molar-refractivity contribution in [3.8, 4) is 0 Å². The smallest absolute Gasteiger partial charge is 0.330 e. The van der Waals surface area contributed by atoms with Crippen LogP contribution in [0, 0.1) is 17.8 Å². The lowest BCUT2D eigenvalue weighted by atomic mass is 9.96. The number of carboxylic acid groups (broad SMARTS) is 1. The van der Waals surface area contributed by atoms with E-state index < -0.39 is 11.5 Å². The molecule has 0 aromatic rings. The fourth-order valence-corrected chi connectivity index (χ4v) is 3.75. The molecule has 2 fully saturated rings. The zero-order valence-electron chi connectivity index (χ0n) is 15.2. The highest BCUT2D eigenvalue weighted by Gasteiger charge is 2.60. The minimum absolute atomic E-state index is 0.0451. The summed E-state index contributed by atoms with van der Waals surface area (Å²) < 4.78 is 0. The molecule has 2 unspecified atom stereocenters. The zero-order valence-corrected chi connectivity index (χ0v) is 15.2. The number of carbonyl (C=O) groups excluding carboxylic acids is 2. The summed E-state index contributed by atoms with van der Waals surface area (Å²) in [6.45, 7) is 2.80. The lowest BCUT2D eigenvalue weighted by Crippen LogP contribution is -2.47. The lowest BCUT2D eigenvalue weighted by molar-refractivity contribution is -0.144. The van der Waals surface area contributed by atoms with E-state index in [1.807, 2.05) is 12.2 Å². The Hall–Kier alpha value is -1.85. The summed E-state index contributed by atoms with van der Waals surface area (Å²) >= 11 is 0. The van der Waals surface area contributed by atoms with Crippen molar-refractivity contribution in [3.63, 3.8) is 0 Å². The maximum absolute atomic E-state index is 12.4. The quantitative estimate of drug-likeness (QED) is 0.359. The Balaban J connectivity index is 1.78. The van der Waals surface area contributed by atoms with Crippen LogP contribution in [0.25, 0.3) is 0 Å². The third kappa shape index (κ3) is 4.83. The van der Waals surface area contributed by atoms with E-state index in [4.69, 9.17) is 0 Å². The molecule has 2 amide bonds. The van der Waals surface area contributed by atoms with Gasteiger partial charge in [-0.3, -0.25) is 9.59 Å². The molecule has 2 saturated carbocycles. The van der Waals surface area contributed by atoms with Gasteiger partial charge in [-0.05, 0) is 44.4 Å². The van der Waals surface area contributed by atoms with Crippen molar-refractivity contribution in [2.75, 3.05) is 13.6 Å². The first kappa shape index (κ1) is 19.5. The average Bonchev–Trinajstić information content (AvgIpc) is 3.10. The van der Waals surface area contributed by atoms with Gasteiger partial charge in [0.2, 0.25) is 12.3 Å². The van der Waals surface area contributed by atoms with Gasteiger partial charge in [-0.1, -0.05) is 25.5 Å². The van der Waals surface area contributed by atoms with Crippen molar-refractivity contribution >= 4 is 18.3 Å². The largest absolute Gasteiger partial charge is 0.479 e. The Labute approximate surface area is 149 Å². The van der Waals surface area contributed by atoms with Crippen molar-refractivity contribution in [2.24, 2.45) is 17.8 Å². The average molecular weight is 350 g/mol. The third-order valence-corrected chi connectivity index (χ3v) is 5.62. The first-order chi connectivity index (χ1) is 11.9. The molecule has 0 aromatic carbocycles. The molecular weight excluding hydrogens is 320 g/mol. The highest BCUT2D eigenvalue weighted by Crippen LogP contribution is 2.46. The van der Waals surface area contributed by atoms with Gasteiger partial charge in [-0.25, -0.2) is 4.79 Å². The van der Waals surface area contributed by atoms with Gasteiger partial charge >= 0.3 is 5.97 Å². The maximum atomic E-state index is 12.4.